The van der Waals surface area contributed by atoms with E-state index in [9.17, 15) is 4.79 Å². The number of carbonyl (C=O) groups is 1. The molecule has 0 amide bonds. The molecule has 33 heavy (non-hydrogen) atoms. The lowest BCUT2D eigenvalue weighted by atomic mass is 10.0. The topological polar surface area (TPSA) is 66.9 Å². The summed E-state index contributed by atoms with van der Waals surface area (Å²) < 4.78 is 23.0. The molecule has 0 atom stereocenters. The molecule has 0 N–H and O–H groups in total. The average Bonchev–Trinajstić information content (AvgIpc) is 2.86. The molecule has 4 aromatic rings. The number of benzene rings is 3. The van der Waals surface area contributed by atoms with Gasteiger partial charge in [0.25, 0.3) is 0 Å². The van der Waals surface area contributed by atoms with Crippen molar-refractivity contribution in [2.75, 3.05) is 21.3 Å². The third-order valence-electron chi connectivity index (χ3n) is 5.18. The van der Waals surface area contributed by atoms with Crippen LogP contribution in [0.15, 0.2) is 71.2 Å². The van der Waals surface area contributed by atoms with Crippen LogP contribution in [0, 0.1) is 0 Å². The first-order valence-corrected chi connectivity index (χ1v) is 10.9. The molecular formula is C26H22BrNO5. The summed E-state index contributed by atoms with van der Waals surface area (Å²) in [6, 6.07) is 20.4. The molecule has 1 heterocycles. The Hall–Kier alpha value is -3.58. The van der Waals surface area contributed by atoms with E-state index in [1.807, 2.05) is 48.5 Å². The molecule has 0 aliphatic rings. The maximum absolute atomic E-state index is 13.1. The molecule has 0 bridgehead atoms. The number of halogens is 1. The van der Waals surface area contributed by atoms with Crippen molar-refractivity contribution < 1.29 is 23.7 Å². The molecule has 4 rings (SSSR count). The lowest BCUT2D eigenvalue weighted by Gasteiger charge is -2.15. The molecule has 0 spiro atoms. The first kappa shape index (κ1) is 22.6. The van der Waals surface area contributed by atoms with E-state index in [2.05, 4.69) is 15.9 Å². The van der Waals surface area contributed by atoms with Gasteiger partial charge in [0, 0.05) is 15.4 Å². The predicted molar refractivity (Wildman–Crippen MR) is 130 cm³/mol. The van der Waals surface area contributed by atoms with Crippen LogP contribution in [0.4, 0.5) is 0 Å². The van der Waals surface area contributed by atoms with Gasteiger partial charge in [0.15, 0.2) is 11.5 Å². The molecule has 0 unspecified atom stereocenters. The molecule has 0 saturated heterocycles. The molecule has 1 aromatic heterocycles. The van der Waals surface area contributed by atoms with E-state index >= 15 is 0 Å². The second kappa shape index (κ2) is 9.92. The zero-order valence-electron chi connectivity index (χ0n) is 18.4. The molecule has 6 nitrogen and oxygen atoms in total. The predicted octanol–water partition coefficient (Wildman–Crippen LogP) is 6.05. The minimum atomic E-state index is -0.426. The smallest absolute Gasteiger partial charge is 0.339 e. The van der Waals surface area contributed by atoms with Gasteiger partial charge < -0.3 is 18.9 Å². The Bertz CT molecular complexity index is 1280. The summed E-state index contributed by atoms with van der Waals surface area (Å²) >= 11 is 3.41. The fraction of sp³-hybridized carbons (Fsp3) is 0.154. The van der Waals surface area contributed by atoms with Crippen LogP contribution in [0.25, 0.3) is 22.2 Å². The zero-order chi connectivity index (χ0) is 23.4. The quantitative estimate of drug-likeness (QED) is 0.284. The maximum Gasteiger partial charge on any atom is 0.339 e. The molecule has 0 aliphatic carbocycles. The SMILES string of the molecule is COc1cc(-c2cc(C(=O)OCc3ccc(Br)cc3)c3ccccc3n2)cc(OC)c1OC. The Balaban J connectivity index is 1.76. The minimum absolute atomic E-state index is 0.169. The Kier molecular flexibility index (Phi) is 6.79. The van der Waals surface area contributed by atoms with Crippen molar-refractivity contribution in [2.24, 2.45) is 0 Å². The van der Waals surface area contributed by atoms with E-state index in [0.29, 0.717) is 34.0 Å². The summed E-state index contributed by atoms with van der Waals surface area (Å²) in [7, 11) is 4.66. The summed E-state index contributed by atoms with van der Waals surface area (Å²) in [5.41, 5.74) is 3.32. The van der Waals surface area contributed by atoms with Crippen molar-refractivity contribution >= 4 is 32.8 Å². The van der Waals surface area contributed by atoms with E-state index in [0.717, 1.165) is 21.0 Å². The van der Waals surface area contributed by atoms with Gasteiger partial charge in [-0.2, -0.15) is 0 Å². The van der Waals surface area contributed by atoms with Gasteiger partial charge in [-0.05, 0) is 42.0 Å². The van der Waals surface area contributed by atoms with Gasteiger partial charge in [-0.25, -0.2) is 9.78 Å². The number of carbonyl (C=O) groups excluding carboxylic acids is 1. The highest BCUT2D eigenvalue weighted by atomic mass is 79.9. The summed E-state index contributed by atoms with van der Waals surface area (Å²) in [5.74, 6) is 1.06. The molecule has 0 aliphatic heterocycles. The van der Waals surface area contributed by atoms with Crippen molar-refractivity contribution in [1.29, 1.82) is 0 Å². The third-order valence-corrected chi connectivity index (χ3v) is 5.71. The van der Waals surface area contributed by atoms with Crippen molar-refractivity contribution in [3.63, 3.8) is 0 Å². The van der Waals surface area contributed by atoms with Crippen LogP contribution in [-0.4, -0.2) is 32.3 Å². The van der Waals surface area contributed by atoms with Crippen molar-refractivity contribution in [3.05, 3.63) is 82.3 Å². The first-order chi connectivity index (χ1) is 16.0. The van der Waals surface area contributed by atoms with Crippen LogP contribution in [0.3, 0.4) is 0 Å². The van der Waals surface area contributed by atoms with Gasteiger partial charge in [-0.3, -0.25) is 0 Å². The summed E-state index contributed by atoms with van der Waals surface area (Å²) in [6.07, 6.45) is 0. The highest BCUT2D eigenvalue weighted by molar-refractivity contribution is 9.10. The molecule has 3 aromatic carbocycles. The van der Waals surface area contributed by atoms with Gasteiger partial charge in [-0.1, -0.05) is 46.3 Å². The highest BCUT2D eigenvalue weighted by Gasteiger charge is 2.19. The summed E-state index contributed by atoms with van der Waals surface area (Å²) in [5, 5.41) is 0.717. The average molecular weight is 508 g/mol. The number of pyridine rings is 1. The highest BCUT2D eigenvalue weighted by Crippen LogP contribution is 2.41. The van der Waals surface area contributed by atoms with Gasteiger partial charge >= 0.3 is 5.97 Å². The lowest BCUT2D eigenvalue weighted by Crippen LogP contribution is -2.07. The normalized spacial score (nSPS) is 10.7. The molecule has 168 valence electrons. The molecule has 0 fully saturated rings. The van der Waals surface area contributed by atoms with E-state index in [4.69, 9.17) is 23.9 Å². The lowest BCUT2D eigenvalue weighted by molar-refractivity contribution is 0.0475. The second-order valence-corrected chi connectivity index (χ2v) is 8.10. The Morgan fingerprint density at radius 1 is 0.879 bits per heavy atom. The van der Waals surface area contributed by atoms with Crippen LogP contribution in [0.1, 0.15) is 15.9 Å². The summed E-state index contributed by atoms with van der Waals surface area (Å²) in [6.45, 7) is 0.169. The number of para-hydroxylation sites is 1. The number of methoxy groups -OCH3 is 3. The second-order valence-electron chi connectivity index (χ2n) is 7.19. The maximum atomic E-state index is 13.1. The van der Waals surface area contributed by atoms with Crippen LogP contribution in [0.5, 0.6) is 17.2 Å². The standard InChI is InChI=1S/C26H22BrNO5/c1-30-23-12-17(13-24(31-2)25(23)32-3)22-14-20(19-6-4-5-7-21(19)28-22)26(29)33-15-16-8-10-18(27)11-9-16/h4-14H,15H2,1-3H3. The van der Waals surface area contributed by atoms with Crippen LogP contribution in [-0.2, 0) is 11.3 Å². The first-order valence-electron chi connectivity index (χ1n) is 10.2. The minimum Gasteiger partial charge on any atom is -0.493 e. The van der Waals surface area contributed by atoms with Gasteiger partial charge in [0.05, 0.1) is 38.1 Å². The van der Waals surface area contributed by atoms with Crippen molar-refractivity contribution in [3.8, 4) is 28.5 Å². The molecule has 0 saturated carbocycles. The van der Waals surface area contributed by atoms with Crippen molar-refractivity contribution in [1.82, 2.24) is 4.98 Å². The largest absolute Gasteiger partial charge is 0.493 e. The number of rotatable bonds is 7. The van der Waals surface area contributed by atoms with E-state index in [1.54, 1.807) is 39.5 Å². The van der Waals surface area contributed by atoms with E-state index in [-0.39, 0.29) is 6.61 Å². The van der Waals surface area contributed by atoms with E-state index in [1.165, 1.54) is 0 Å². The molecular weight excluding hydrogens is 486 g/mol. The number of aromatic nitrogens is 1. The van der Waals surface area contributed by atoms with Crippen LogP contribution in [0.2, 0.25) is 0 Å². The number of fused-ring (bicyclic) bond motifs is 1. The number of esters is 1. The summed E-state index contributed by atoms with van der Waals surface area (Å²) in [4.78, 5) is 17.9. The Morgan fingerprint density at radius 3 is 2.18 bits per heavy atom. The monoisotopic (exact) mass is 507 g/mol. The number of hydrogen-bond donors (Lipinski definition) is 0. The Labute approximate surface area is 200 Å². The Morgan fingerprint density at radius 2 is 1.55 bits per heavy atom. The number of nitrogens with zero attached hydrogens (tertiary/aromatic N) is 1. The van der Waals surface area contributed by atoms with Gasteiger partial charge in [0.2, 0.25) is 5.75 Å². The van der Waals surface area contributed by atoms with Crippen LogP contribution >= 0.6 is 15.9 Å². The number of ether oxygens (including phenoxy) is 4. The van der Waals surface area contributed by atoms with Crippen molar-refractivity contribution in [2.45, 2.75) is 6.61 Å². The van der Waals surface area contributed by atoms with E-state index < -0.39 is 5.97 Å². The fourth-order valence-electron chi connectivity index (χ4n) is 3.53. The fourth-order valence-corrected chi connectivity index (χ4v) is 3.79. The number of hydrogen-bond acceptors (Lipinski definition) is 6. The van der Waals surface area contributed by atoms with Crippen LogP contribution < -0.4 is 14.2 Å². The van der Waals surface area contributed by atoms with Gasteiger partial charge in [0.1, 0.15) is 6.61 Å². The molecule has 7 heteroatoms. The third kappa shape index (κ3) is 4.78. The molecule has 0 radical (unpaired) electrons. The zero-order valence-corrected chi connectivity index (χ0v) is 20.0. The van der Waals surface area contributed by atoms with Gasteiger partial charge in [-0.15, -0.1) is 0 Å².